The Morgan fingerprint density at radius 3 is 0.609 bits per heavy atom. The van der Waals surface area contributed by atoms with Crippen molar-refractivity contribution in [3.63, 3.8) is 0 Å². The average molecular weight is 649 g/mol. The second-order valence-electron chi connectivity index (χ2n) is 15.5. The molecule has 0 atom stereocenters. The van der Waals surface area contributed by atoms with Crippen molar-refractivity contribution in [3.05, 3.63) is 0 Å². The number of aliphatic carboxylic acids is 1. The molecule has 0 spiro atoms. The SMILES string of the molecule is CCCCCCCCCCCCCCCCC(CCCCCCCCCCCCC)(CCCCCCCCCCCCC)C(=O)O. The van der Waals surface area contributed by atoms with Gasteiger partial charge in [-0.2, -0.15) is 0 Å². The van der Waals surface area contributed by atoms with E-state index in [9.17, 15) is 9.90 Å². The van der Waals surface area contributed by atoms with E-state index in [1.807, 2.05) is 0 Å². The van der Waals surface area contributed by atoms with Gasteiger partial charge in [0, 0.05) is 0 Å². The lowest BCUT2D eigenvalue weighted by Gasteiger charge is -2.30. The molecular formula is C44H88O2. The van der Waals surface area contributed by atoms with Crippen LogP contribution in [0.25, 0.3) is 0 Å². The van der Waals surface area contributed by atoms with Gasteiger partial charge in [-0.15, -0.1) is 0 Å². The quantitative estimate of drug-likeness (QED) is 0.0671. The van der Waals surface area contributed by atoms with Gasteiger partial charge in [-0.3, -0.25) is 4.79 Å². The fourth-order valence-corrected chi connectivity index (χ4v) is 7.61. The van der Waals surface area contributed by atoms with Crippen LogP contribution in [0.2, 0.25) is 0 Å². The summed E-state index contributed by atoms with van der Waals surface area (Å²) in [6.07, 6.45) is 51.1. The maximum atomic E-state index is 12.8. The molecule has 0 aliphatic rings. The molecule has 0 saturated carbocycles. The Morgan fingerprint density at radius 1 is 0.304 bits per heavy atom. The summed E-state index contributed by atoms with van der Waals surface area (Å²) in [6, 6.07) is 0. The van der Waals surface area contributed by atoms with Crippen LogP contribution in [0, 0.1) is 5.41 Å². The molecule has 1 N–H and O–H groups in total. The molecule has 0 unspecified atom stereocenters. The highest BCUT2D eigenvalue weighted by Gasteiger charge is 2.36. The van der Waals surface area contributed by atoms with E-state index in [1.54, 1.807) is 0 Å². The predicted molar refractivity (Wildman–Crippen MR) is 207 cm³/mol. The Labute approximate surface area is 291 Å². The van der Waals surface area contributed by atoms with Gasteiger partial charge in [0.05, 0.1) is 5.41 Å². The molecular weight excluding hydrogens is 560 g/mol. The van der Waals surface area contributed by atoms with Crippen molar-refractivity contribution in [2.24, 2.45) is 5.41 Å². The third kappa shape index (κ3) is 30.8. The Hall–Kier alpha value is -0.530. The minimum absolute atomic E-state index is 0.463. The first-order chi connectivity index (χ1) is 22.6. The molecule has 0 rings (SSSR count). The van der Waals surface area contributed by atoms with Crippen molar-refractivity contribution in [2.45, 2.75) is 271 Å². The zero-order chi connectivity index (χ0) is 33.7. The van der Waals surface area contributed by atoms with E-state index in [0.717, 1.165) is 38.5 Å². The van der Waals surface area contributed by atoms with Crippen molar-refractivity contribution >= 4 is 5.97 Å². The van der Waals surface area contributed by atoms with Crippen LogP contribution >= 0.6 is 0 Å². The minimum Gasteiger partial charge on any atom is -0.481 e. The van der Waals surface area contributed by atoms with Gasteiger partial charge in [-0.05, 0) is 19.3 Å². The Morgan fingerprint density at radius 2 is 0.457 bits per heavy atom. The normalized spacial score (nSPS) is 11.9. The van der Waals surface area contributed by atoms with Gasteiger partial charge < -0.3 is 5.11 Å². The Bertz CT molecular complexity index is 558. The number of carboxylic acid groups (broad SMARTS) is 1. The number of carbonyl (C=O) groups is 1. The second kappa shape index (κ2) is 37.3. The van der Waals surface area contributed by atoms with Crippen LogP contribution in [0.4, 0.5) is 0 Å². The topological polar surface area (TPSA) is 37.3 Å². The summed E-state index contributed by atoms with van der Waals surface area (Å²) in [5.74, 6) is -0.485. The number of carboxylic acids is 1. The van der Waals surface area contributed by atoms with Crippen molar-refractivity contribution in [2.75, 3.05) is 0 Å². The van der Waals surface area contributed by atoms with Gasteiger partial charge >= 0.3 is 5.97 Å². The van der Waals surface area contributed by atoms with E-state index in [-0.39, 0.29) is 0 Å². The van der Waals surface area contributed by atoms with Gasteiger partial charge in [-0.1, -0.05) is 252 Å². The highest BCUT2D eigenvalue weighted by molar-refractivity contribution is 5.74. The van der Waals surface area contributed by atoms with E-state index in [1.165, 1.54) is 212 Å². The molecule has 0 saturated heterocycles. The maximum Gasteiger partial charge on any atom is 0.309 e. The smallest absolute Gasteiger partial charge is 0.309 e. The molecule has 0 aliphatic heterocycles. The zero-order valence-electron chi connectivity index (χ0n) is 32.4. The molecule has 2 nitrogen and oxygen atoms in total. The summed E-state index contributed by atoms with van der Waals surface area (Å²) < 4.78 is 0. The highest BCUT2D eigenvalue weighted by atomic mass is 16.4. The van der Waals surface area contributed by atoms with Gasteiger partial charge in [0.1, 0.15) is 0 Å². The zero-order valence-corrected chi connectivity index (χ0v) is 32.4. The van der Waals surface area contributed by atoms with Gasteiger partial charge in [0.25, 0.3) is 0 Å². The summed E-state index contributed by atoms with van der Waals surface area (Å²) in [6.45, 7) is 6.87. The van der Waals surface area contributed by atoms with E-state index in [4.69, 9.17) is 0 Å². The molecule has 46 heavy (non-hydrogen) atoms. The lowest BCUT2D eigenvalue weighted by molar-refractivity contribution is -0.150. The van der Waals surface area contributed by atoms with Crippen LogP contribution in [0.5, 0.6) is 0 Å². The van der Waals surface area contributed by atoms with Crippen LogP contribution in [-0.2, 0) is 4.79 Å². The van der Waals surface area contributed by atoms with Crippen LogP contribution in [0.1, 0.15) is 271 Å². The molecule has 0 aromatic rings. The third-order valence-corrected chi connectivity index (χ3v) is 11.0. The van der Waals surface area contributed by atoms with Gasteiger partial charge in [0.15, 0.2) is 0 Å². The molecule has 2 heteroatoms. The number of rotatable bonds is 40. The summed E-state index contributed by atoms with van der Waals surface area (Å²) in [5.41, 5.74) is -0.463. The third-order valence-electron chi connectivity index (χ3n) is 11.0. The summed E-state index contributed by atoms with van der Waals surface area (Å²) >= 11 is 0. The molecule has 0 bridgehead atoms. The number of unbranched alkanes of at least 4 members (excludes halogenated alkanes) is 33. The van der Waals surface area contributed by atoms with Crippen LogP contribution in [0.3, 0.4) is 0 Å². The fourth-order valence-electron chi connectivity index (χ4n) is 7.61. The summed E-state index contributed by atoms with van der Waals surface area (Å²) in [5, 5.41) is 10.6. The highest BCUT2D eigenvalue weighted by Crippen LogP contribution is 2.38. The van der Waals surface area contributed by atoms with E-state index in [0.29, 0.717) is 0 Å². The van der Waals surface area contributed by atoms with Crippen molar-refractivity contribution in [3.8, 4) is 0 Å². The Kier molecular flexibility index (Phi) is 36.9. The summed E-state index contributed by atoms with van der Waals surface area (Å²) in [7, 11) is 0. The first kappa shape index (κ1) is 45.5. The predicted octanol–water partition coefficient (Wildman–Crippen LogP) is 16.3. The molecule has 276 valence electrons. The van der Waals surface area contributed by atoms with Crippen molar-refractivity contribution in [1.82, 2.24) is 0 Å². The van der Waals surface area contributed by atoms with Gasteiger partial charge in [0.2, 0.25) is 0 Å². The van der Waals surface area contributed by atoms with Gasteiger partial charge in [-0.25, -0.2) is 0 Å². The molecule has 0 aromatic carbocycles. The summed E-state index contributed by atoms with van der Waals surface area (Å²) in [4.78, 5) is 12.8. The molecule has 0 radical (unpaired) electrons. The van der Waals surface area contributed by atoms with E-state index in [2.05, 4.69) is 20.8 Å². The largest absolute Gasteiger partial charge is 0.481 e. The maximum absolute atomic E-state index is 12.8. The first-order valence-corrected chi connectivity index (χ1v) is 21.9. The molecule has 0 fully saturated rings. The molecule has 0 aliphatic carbocycles. The van der Waals surface area contributed by atoms with E-state index >= 15 is 0 Å². The number of hydrogen-bond acceptors (Lipinski definition) is 1. The minimum atomic E-state index is -0.485. The standard InChI is InChI=1S/C44H88O2/c1-4-7-10-13-16-19-22-23-24-27-30-33-36-39-42-44(43(45)46,40-37-34-31-28-25-20-17-14-11-8-5-2)41-38-35-32-29-26-21-18-15-12-9-6-3/h4-42H2,1-3H3,(H,45,46). The fraction of sp³-hybridized carbons (Fsp3) is 0.977. The average Bonchev–Trinajstić information content (AvgIpc) is 3.05. The van der Waals surface area contributed by atoms with Crippen LogP contribution in [-0.4, -0.2) is 11.1 Å². The Balaban J connectivity index is 4.34. The lowest BCUT2D eigenvalue weighted by Crippen LogP contribution is -2.31. The number of hydrogen-bond donors (Lipinski definition) is 1. The molecule has 0 aromatic heterocycles. The monoisotopic (exact) mass is 649 g/mol. The second-order valence-corrected chi connectivity index (χ2v) is 15.5. The first-order valence-electron chi connectivity index (χ1n) is 21.9. The van der Waals surface area contributed by atoms with E-state index < -0.39 is 11.4 Å². The van der Waals surface area contributed by atoms with Crippen molar-refractivity contribution in [1.29, 1.82) is 0 Å². The molecule has 0 heterocycles. The molecule has 0 amide bonds. The van der Waals surface area contributed by atoms with Crippen LogP contribution < -0.4 is 0 Å². The lowest BCUT2D eigenvalue weighted by atomic mass is 9.74. The van der Waals surface area contributed by atoms with Crippen molar-refractivity contribution < 1.29 is 9.90 Å². The van der Waals surface area contributed by atoms with Crippen LogP contribution in [0.15, 0.2) is 0 Å².